The van der Waals surface area contributed by atoms with Crippen molar-refractivity contribution in [2.75, 3.05) is 0 Å². The molecule has 0 aliphatic carbocycles. The first-order valence-electron chi connectivity index (χ1n) is 3.98. The van der Waals surface area contributed by atoms with Gasteiger partial charge in [0, 0.05) is 0 Å². The maximum Gasteiger partial charge on any atom is 0.228 e. The number of carbonyl (C=O) groups is 1. The monoisotopic (exact) mass is 197 g/mol. The summed E-state index contributed by atoms with van der Waals surface area (Å²) in [5, 5.41) is 13.4. The van der Waals surface area contributed by atoms with Gasteiger partial charge in [0.25, 0.3) is 0 Å². The van der Waals surface area contributed by atoms with E-state index < -0.39 is 0 Å². The fourth-order valence-corrected chi connectivity index (χ4v) is 0.861. The Labute approximate surface area is 80.4 Å². The summed E-state index contributed by atoms with van der Waals surface area (Å²) >= 11 is 0. The van der Waals surface area contributed by atoms with E-state index in [1.807, 2.05) is 0 Å². The van der Waals surface area contributed by atoms with Gasteiger partial charge in [-0.3, -0.25) is 4.79 Å². The predicted molar refractivity (Wildman–Crippen MR) is 48.6 cm³/mol. The first kappa shape index (κ1) is 10.1. The van der Waals surface area contributed by atoms with Gasteiger partial charge in [0.15, 0.2) is 0 Å². The zero-order valence-electron chi connectivity index (χ0n) is 7.43. The van der Waals surface area contributed by atoms with Gasteiger partial charge in [-0.25, -0.2) is 0 Å². The van der Waals surface area contributed by atoms with Gasteiger partial charge in [-0.1, -0.05) is 5.16 Å². The van der Waals surface area contributed by atoms with Crippen molar-refractivity contribution in [3.8, 4) is 0 Å². The Balaban J connectivity index is 2.29. The number of amides is 1. The number of nitrogens with two attached hydrogens (primary N) is 1. The van der Waals surface area contributed by atoms with E-state index in [0.29, 0.717) is 12.3 Å². The van der Waals surface area contributed by atoms with Crippen LogP contribution in [0.25, 0.3) is 0 Å². The van der Waals surface area contributed by atoms with Crippen molar-refractivity contribution in [3.63, 3.8) is 0 Å². The van der Waals surface area contributed by atoms with Gasteiger partial charge < -0.3 is 20.7 Å². The van der Waals surface area contributed by atoms with Gasteiger partial charge in [-0.2, -0.15) is 0 Å². The van der Waals surface area contributed by atoms with E-state index in [2.05, 4.69) is 10.5 Å². The maximum absolute atomic E-state index is 11.1. The van der Waals surface area contributed by atoms with Crippen molar-refractivity contribution < 1.29 is 14.4 Å². The highest BCUT2D eigenvalue weighted by molar-refractivity contribution is 5.98. The molecule has 1 rings (SSSR count). The summed E-state index contributed by atoms with van der Waals surface area (Å²) in [4.78, 5) is 11.1. The van der Waals surface area contributed by atoms with E-state index in [1.165, 1.54) is 6.26 Å². The minimum atomic E-state index is -0.322. The molecular formula is C8H11N3O3. The van der Waals surface area contributed by atoms with Crippen molar-refractivity contribution >= 4 is 11.7 Å². The Morgan fingerprint density at radius 3 is 3.07 bits per heavy atom. The van der Waals surface area contributed by atoms with Gasteiger partial charge in [0.05, 0.1) is 19.2 Å². The molecule has 1 aromatic heterocycles. The summed E-state index contributed by atoms with van der Waals surface area (Å²) in [7, 11) is 0. The van der Waals surface area contributed by atoms with E-state index in [0.717, 1.165) is 0 Å². The minimum absolute atomic E-state index is 0.123. The summed E-state index contributed by atoms with van der Waals surface area (Å²) in [6.07, 6.45) is 1.39. The molecule has 0 bridgehead atoms. The number of furan rings is 1. The molecule has 0 unspecified atom stereocenters. The molecule has 4 N–H and O–H groups in total. The van der Waals surface area contributed by atoms with Gasteiger partial charge in [0.2, 0.25) is 5.91 Å². The van der Waals surface area contributed by atoms with Crippen LogP contribution >= 0.6 is 0 Å². The van der Waals surface area contributed by atoms with Crippen LogP contribution in [0, 0.1) is 0 Å². The molecule has 0 fully saturated rings. The fraction of sp³-hybridized carbons (Fsp3) is 0.250. The van der Waals surface area contributed by atoms with E-state index >= 15 is 0 Å². The number of amidine groups is 1. The molecule has 1 aromatic rings. The Morgan fingerprint density at radius 1 is 1.71 bits per heavy atom. The van der Waals surface area contributed by atoms with Crippen LogP contribution in [0.5, 0.6) is 0 Å². The molecular weight excluding hydrogens is 186 g/mol. The van der Waals surface area contributed by atoms with Crippen LogP contribution < -0.4 is 11.1 Å². The molecule has 1 heterocycles. The summed E-state index contributed by atoms with van der Waals surface area (Å²) in [5.74, 6) is 0.205. The van der Waals surface area contributed by atoms with E-state index in [-0.39, 0.29) is 18.2 Å². The average Bonchev–Trinajstić information content (AvgIpc) is 2.67. The third-order valence-corrected chi connectivity index (χ3v) is 1.51. The van der Waals surface area contributed by atoms with Gasteiger partial charge >= 0.3 is 0 Å². The first-order chi connectivity index (χ1) is 6.72. The van der Waals surface area contributed by atoms with Crippen molar-refractivity contribution in [2.45, 2.75) is 13.0 Å². The van der Waals surface area contributed by atoms with E-state index in [9.17, 15) is 4.79 Å². The van der Waals surface area contributed by atoms with Crippen LogP contribution in [0.15, 0.2) is 28.0 Å². The van der Waals surface area contributed by atoms with Crippen molar-refractivity contribution in [3.05, 3.63) is 24.2 Å². The van der Waals surface area contributed by atoms with Gasteiger partial charge in [-0.15, -0.1) is 0 Å². The molecule has 0 saturated heterocycles. The second kappa shape index (κ2) is 4.90. The molecule has 0 atom stereocenters. The third-order valence-electron chi connectivity index (χ3n) is 1.51. The van der Waals surface area contributed by atoms with E-state index in [4.69, 9.17) is 15.4 Å². The molecule has 6 heteroatoms. The van der Waals surface area contributed by atoms with Gasteiger partial charge in [0.1, 0.15) is 11.6 Å². The molecule has 0 saturated carbocycles. The summed E-state index contributed by atoms with van der Waals surface area (Å²) in [6.45, 7) is 0.296. The fourth-order valence-electron chi connectivity index (χ4n) is 0.861. The zero-order valence-corrected chi connectivity index (χ0v) is 7.43. The minimum Gasteiger partial charge on any atom is -0.467 e. The highest BCUT2D eigenvalue weighted by Gasteiger charge is 2.04. The topological polar surface area (TPSA) is 101 Å². The molecule has 0 radical (unpaired) electrons. The molecule has 1 amide bonds. The lowest BCUT2D eigenvalue weighted by Crippen LogP contribution is -2.28. The largest absolute Gasteiger partial charge is 0.467 e. The number of rotatable bonds is 4. The molecule has 76 valence electrons. The van der Waals surface area contributed by atoms with Crippen LogP contribution in [-0.2, 0) is 11.3 Å². The first-order valence-corrected chi connectivity index (χ1v) is 3.98. The smallest absolute Gasteiger partial charge is 0.228 e. The number of nitrogens with one attached hydrogen (secondary N) is 1. The molecule has 0 aliphatic heterocycles. The van der Waals surface area contributed by atoms with Crippen LogP contribution in [-0.4, -0.2) is 17.0 Å². The highest BCUT2D eigenvalue weighted by atomic mass is 16.4. The lowest BCUT2D eigenvalue weighted by molar-refractivity contribution is -0.120. The quantitative estimate of drug-likeness (QED) is 0.274. The lowest BCUT2D eigenvalue weighted by atomic mass is 10.3. The van der Waals surface area contributed by atoms with Crippen LogP contribution in [0.3, 0.4) is 0 Å². The number of hydrogen-bond acceptors (Lipinski definition) is 4. The predicted octanol–water partition coefficient (Wildman–Crippen LogP) is 0.0323. The maximum atomic E-state index is 11.1. The zero-order chi connectivity index (χ0) is 10.4. The van der Waals surface area contributed by atoms with Crippen molar-refractivity contribution in [1.29, 1.82) is 0 Å². The van der Waals surface area contributed by atoms with E-state index in [1.54, 1.807) is 12.1 Å². The molecule has 0 aliphatic rings. The SMILES string of the molecule is N/C(CC(=O)NCc1ccco1)=N/O. The second-order valence-electron chi connectivity index (χ2n) is 2.62. The van der Waals surface area contributed by atoms with Crippen LogP contribution in [0.1, 0.15) is 12.2 Å². The summed E-state index contributed by atoms with van der Waals surface area (Å²) in [6, 6.07) is 3.47. The summed E-state index contributed by atoms with van der Waals surface area (Å²) < 4.78 is 4.99. The standard InChI is InChI=1S/C8H11N3O3/c9-7(11-13)4-8(12)10-5-6-2-1-3-14-6/h1-3,13H,4-5H2,(H2,9,11)(H,10,12). The summed E-state index contributed by atoms with van der Waals surface area (Å²) in [5.41, 5.74) is 5.14. The van der Waals surface area contributed by atoms with Crippen molar-refractivity contribution in [2.24, 2.45) is 10.9 Å². The number of oxime groups is 1. The van der Waals surface area contributed by atoms with Crippen molar-refractivity contribution in [1.82, 2.24) is 5.32 Å². The Bertz CT molecular complexity index is 319. The number of nitrogens with zero attached hydrogens (tertiary/aromatic N) is 1. The Hall–Kier alpha value is -1.98. The third kappa shape index (κ3) is 3.18. The lowest BCUT2D eigenvalue weighted by Gasteiger charge is -2.01. The highest BCUT2D eigenvalue weighted by Crippen LogP contribution is 1.98. The van der Waals surface area contributed by atoms with Crippen LogP contribution in [0.4, 0.5) is 0 Å². The second-order valence-corrected chi connectivity index (χ2v) is 2.62. The average molecular weight is 197 g/mol. The molecule has 14 heavy (non-hydrogen) atoms. The molecule has 0 spiro atoms. The normalized spacial score (nSPS) is 11.3. The number of hydrogen-bond donors (Lipinski definition) is 3. The number of carbonyl (C=O) groups excluding carboxylic acids is 1. The molecule has 0 aromatic carbocycles. The Kier molecular flexibility index (Phi) is 3.54. The van der Waals surface area contributed by atoms with Gasteiger partial charge in [-0.05, 0) is 12.1 Å². The Morgan fingerprint density at radius 2 is 2.50 bits per heavy atom. The molecule has 6 nitrogen and oxygen atoms in total. The van der Waals surface area contributed by atoms with Crippen LogP contribution in [0.2, 0.25) is 0 Å².